The minimum atomic E-state index is 0.120. The zero-order chi connectivity index (χ0) is 15.8. The van der Waals surface area contributed by atoms with Gasteiger partial charge in [-0.2, -0.15) is 0 Å². The van der Waals surface area contributed by atoms with Gasteiger partial charge < -0.3 is 14.4 Å². The van der Waals surface area contributed by atoms with Gasteiger partial charge in [-0.15, -0.1) is 11.8 Å². The molecule has 2 rings (SSSR count). The number of hydrogen-bond donors (Lipinski definition) is 0. The lowest BCUT2D eigenvalue weighted by atomic mass is 10.2. The first-order valence-electron chi connectivity index (χ1n) is 7.97. The summed E-state index contributed by atoms with van der Waals surface area (Å²) in [5.41, 5.74) is 1.16. The van der Waals surface area contributed by atoms with Crippen molar-refractivity contribution in [1.29, 1.82) is 0 Å². The molecule has 1 saturated heterocycles. The first kappa shape index (κ1) is 17.2. The fraction of sp³-hybridized carbons (Fsp3) is 0.588. The normalized spacial score (nSPS) is 18.0. The maximum Gasteiger partial charge on any atom is 0.233 e. The zero-order valence-electron chi connectivity index (χ0n) is 13.4. The predicted octanol–water partition coefficient (Wildman–Crippen LogP) is 3.48. The van der Waals surface area contributed by atoms with E-state index in [9.17, 15) is 4.79 Å². The first-order valence-corrected chi connectivity index (χ1v) is 9.02. The third-order valence-electron chi connectivity index (χ3n) is 3.48. The molecule has 0 N–H and O–H groups in total. The lowest BCUT2D eigenvalue weighted by Gasteiger charge is -2.24. The Hall–Kier alpha value is -1.20. The molecule has 1 amide bonds. The van der Waals surface area contributed by atoms with Crippen LogP contribution in [-0.4, -0.2) is 42.9 Å². The van der Waals surface area contributed by atoms with Crippen molar-refractivity contribution in [1.82, 2.24) is 4.90 Å². The Bertz CT molecular complexity index is 463. The van der Waals surface area contributed by atoms with E-state index in [4.69, 9.17) is 9.47 Å². The van der Waals surface area contributed by atoms with Crippen LogP contribution >= 0.6 is 11.8 Å². The van der Waals surface area contributed by atoms with E-state index in [1.54, 1.807) is 11.8 Å². The maximum atomic E-state index is 12.1. The molecular weight excluding hydrogens is 298 g/mol. The van der Waals surface area contributed by atoms with Gasteiger partial charge in [0.15, 0.2) is 0 Å². The standard InChI is InChI=1S/C17H25NO3S/c1-3-11-20-12-5-10-18-16(19)13-22-17(18)14-6-8-15(9-7-14)21-4-2/h6-9,17H,3-5,10-13H2,1-2H3. The van der Waals surface area contributed by atoms with Crippen LogP contribution in [0.3, 0.4) is 0 Å². The molecular formula is C17H25NO3S. The Kier molecular flexibility index (Phi) is 7.06. The molecule has 122 valence electrons. The van der Waals surface area contributed by atoms with Crippen LogP contribution in [0.15, 0.2) is 24.3 Å². The second-order valence-corrected chi connectivity index (χ2v) is 6.29. The Morgan fingerprint density at radius 1 is 1.23 bits per heavy atom. The molecule has 1 aromatic rings. The van der Waals surface area contributed by atoms with Crippen molar-refractivity contribution >= 4 is 17.7 Å². The van der Waals surface area contributed by atoms with Crippen molar-refractivity contribution in [3.8, 4) is 5.75 Å². The van der Waals surface area contributed by atoms with Crippen molar-refractivity contribution in [3.63, 3.8) is 0 Å². The molecule has 0 bridgehead atoms. The van der Waals surface area contributed by atoms with E-state index in [0.717, 1.165) is 43.9 Å². The predicted molar refractivity (Wildman–Crippen MR) is 90.3 cm³/mol. The quantitative estimate of drug-likeness (QED) is 0.652. The third kappa shape index (κ3) is 4.65. The molecule has 1 aromatic carbocycles. The molecule has 1 aliphatic heterocycles. The second kappa shape index (κ2) is 9.06. The third-order valence-corrected chi connectivity index (χ3v) is 4.74. The van der Waals surface area contributed by atoms with Crippen molar-refractivity contribution in [2.75, 3.05) is 32.1 Å². The summed E-state index contributed by atoms with van der Waals surface area (Å²) in [5.74, 6) is 1.66. The van der Waals surface area contributed by atoms with Crippen LogP contribution in [0.25, 0.3) is 0 Å². The summed E-state index contributed by atoms with van der Waals surface area (Å²) in [7, 11) is 0. The van der Waals surface area contributed by atoms with Gasteiger partial charge in [0, 0.05) is 19.8 Å². The summed E-state index contributed by atoms with van der Waals surface area (Å²) in [6.07, 6.45) is 1.92. The van der Waals surface area contributed by atoms with Gasteiger partial charge in [-0.25, -0.2) is 0 Å². The van der Waals surface area contributed by atoms with Crippen LogP contribution < -0.4 is 4.74 Å². The van der Waals surface area contributed by atoms with E-state index in [1.807, 2.05) is 24.0 Å². The van der Waals surface area contributed by atoms with E-state index in [2.05, 4.69) is 19.1 Å². The van der Waals surface area contributed by atoms with Crippen LogP contribution in [0.1, 0.15) is 37.6 Å². The average Bonchev–Trinajstić information content (AvgIpc) is 2.89. The molecule has 0 radical (unpaired) electrons. The molecule has 5 heteroatoms. The summed E-state index contributed by atoms with van der Waals surface area (Å²) >= 11 is 1.69. The molecule has 1 atom stereocenters. The molecule has 1 unspecified atom stereocenters. The molecule has 4 nitrogen and oxygen atoms in total. The topological polar surface area (TPSA) is 38.8 Å². The van der Waals surface area contributed by atoms with Crippen LogP contribution in [0.5, 0.6) is 5.75 Å². The summed E-state index contributed by atoms with van der Waals surface area (Å²) < 4.78 is 11.0. The Labute approximate surface area is 137 Å². The monoisotopic (exact) mass is 323 g/mol. The molecule has 1 fully saturated rings. The Morgan fingerprint density at radius 3 is 2.68 bits per heavy atom. The van der Waals surface area contributed by atoms with Gasteiger partial charge in [0.25, 0.3) is 0 Å². The maximum absolute atomic E-state index is 12.1. The molecule has 0 aliphatic carbocycles. The number of carbonyl (C=O) groups excluding carboxylic acids is 1. The van der Waals surface area contributed by atoms with E-state index in [-0.39, 0.29) is 11.3 Å². The molecule has 1 heterocycles. The fourth-order valence-corrected chi connectivity index (χ4v) is 3.67. The molecule has 22 heavy (non-hydrogen) atoms. The summed E-state index contributed by atoms with van der Waals surface area (Å²) in [5, 5.41) is 0.120. The number of benzene rings is 1. The lowest BCUT2D eigenvalue weighted by molar-refractivity contribution is -0.128. The highest BCUT2D eigenvalue weighted by atomic mass is 32.2. The van der Waals surface area contributed by atoms with Gasteiger partial charge in [0.2, 0.25) is 5.91 Å². The van der Waals surface area contributed by atoms with Gasteiger partial charge in [-0.1, -0.05) is 19.1 Å². The smallest absolute Gasteiger partial charge is 0.233 e. The summed E-state index contributed by atoms with van der Waals surface area (Å²) in [6, 6.07) is 8.07. The molecule has 0 spiro atoms. The number of ether oxygens (including phenoxy) is 2. The van der Waals surface area contributed by atoms with Crippen molar-refractivity contribution in [3.05, 3.63) is 29.8 Å². The van der Waals surface area contributed by atoms with E-state index >= 15 is 0 Å². The summed E-state index contributed by atoms with van der Waals surface area (Å²) in [6.45, 7) is 7.01. The number of thioether (sulfide) groups is 1. The molecule has 0 saturated carbocycles. The first-order chi connectivity index (χ1) is 10.8. The van der Waals surface area contributed by atoms with E-state index in [0.29, 0.717) is 12.4 Å². The van der Waals surface area contributed by atoms with Gasteiger partial charge >= 0.3 is 0 Å². The zero-order valence-corrected chi connectivity index (χ0v) is 14.2. The van der Waals surface area contributed by atoms with Crippen molar-refractivity contribution in [2.24, 2.45) is 0 Å². The number of carbonyl (C=O) groups is 1. The minimum absolute atomic E-state index is 0.120. The van der Waals surface area contributed by atoms with Gasteiger partial charge in [0.1, 0.15) is 11.1 Å². The van der Waals surface area contributed by atoms with Crippen molar-refractivity contribution in [2.45, 2.75) is 32.1 Å². The van der Waals surface area contributed by atoms with E-state index < -0.39 is 0 Å². The number of amides is 1. The summed E-state index contributed by atoms with van der Waals surface area (Å²) in [4.78, 5) is 14.1. The van der Waals surface area contributed by atoms with Crippen LogP contribution in [0.2, 0.25) is 0 Å². The number of rotatable bonds is 9. The van der Waals surface area contributed by atoms with Crippen LogP contribution in [-0.2, 0) is 9.53 Å². The number of nitrogens with zero attached hydrogens (tertiary/aromatic N) is 1. The van der Waals surface area contributed by atoms with Crippen LogP contribution in [0.4, 0.5) is 0 Å². The highest BCUT2D eigenvalue weighted by molar-refractivity contribution is 8.00. The van der Waals surface area contributed by atoms with Gasteiger partial charge in [-0.05, 0) is 37.5 Å². The lowest BCUT2D eigenvalue weighted by Crippen LogP contribution is -2.29. The average molecular weight is 323 g/mol. The minimum Gasteiger partial charge on any atom is -0.494 e. The SMILES string of the molecule is CCCOCCCN1C(=O)CSC1c1ccc(OCC)cc1. The van der Waals surface area contributed by atoms with Gasteiger partial charge in [-0.3, -0.25) is 4.79 Å². The Morgan fingerprint density at radius 2 is 2.00 bits per heavy atom. The largest absolute Gasteiger partial charge is 0.494 e. The van der Waals surface area contributed by atoms with Crippen LogP contribution in [0, 0.1) is 0 Å². The van der Waals surface area contributed by atoms with Gasteiger partial charge in [0.05, 0.1) is 12.4 Å². The Balaban J connectivity index is 1.91. The fourth-order valence-electron chi connectivity index (χ4n) is 2.45. The van der Waals surface area contributed by atoms with Crippen molar-refractivity contribution < 1.29 is 14.3 Å². The van der Waals surface area contributed by atoms with E-state index in [1.165, 1.54) is 0 Å². The molecule has 1 aliphatic rings. The number of hydrogen-bond acceptors (Lipinski definition) is 4. The second-order valence-electron chi connectivity index (χ2n) is 5.22. The highest BCUT2D eigenvalue weighted by Crippen LogP contribution is 2.39. The molecule has 0 aromatic heterocycles. The highest BCUT2D eigenvalue weighted by Gasteiger charge is 2.32.